The maximum Gasteiger partial charge on any atom is 0.128 e. The van der Waals surface area contributed by atoms with E-state index in [0.717, 1.165) is 28.1 Å². The van der Waals surface area contributed by atoms with Gasteiger partial charge in [-0.15, -0.1) is 11.6 Å². The Morgan fingerprint density at radius 3 is 2.42 bits per heavy atom. The number of hydrogen-bond acceptors (Lipinski definition) is 2. The number of halogens is 2. The molecule has 0 N–H and O–H groups in total. The highest BCUT2D eigenvalue weighted by molar-refractivity contribution is 9.10. The van der Waals surface area contributed by atoms with Crippen LogP contribution in [0, 0.1) is 6.92 Å². The molecule has 4 heteroatoms. The highest BCUT2D eigenvalue weighted by Gasteiger charge is 2.06. The summed E-state index contributed by atoms with van der Waals surface area (Å²) in [6, 6.07) is 12.4. The van der Waals surface area contributed by atoms with Gasteiger partial charge in [-0.05, 0) is 36.2 Å². The van der Waals surface area contributed by atoms with Crippen LogP contribution in [-0.2, 0) is 12.4 Å². The second-order valence-corrected chi connectivity index (χ2v) is 5.71. The van der Waals surface area contributed by atoms with Crippen molar-refractivity contribution in [3.05, 3.63) is 57.7 Å². The lowest BCUT2D eigenvalue weighted by Gasteiger charge is -2.19. The van der Waals surface area contributed by atoms with E-state index in [-0.39, 0.29) is 0 Å². The van der Waals surface area contributed by atoms with Crippen LogP contribution in [0.2, 0.25) is 0 Å². The number of benzene rings is 1. The lowest BCUT2D eigenvalue weighted by molar-refractivity contribution is 0.889. The molecule has 0 aliphatic rings. The molecule has 0 aliphatic heterocycles. The molecule has 0 aliphatic carbocycles. The monoisotopic (exact) mass is 338 g/mol. The van der Waals surface area contributed by atoms with Gasteiger partial charge in [0.15, 0.2) is 0 Å². The van der Waals surface area contributed by atoms with E-state index < -0.39 is 0 Å². The normalized spacial score (nSPS) is 10.5. The summed E-state index contributed by atoms with van der Waals surface area (Å²) in [6.45, 7) is 2.83. The van der Waals surface area contributed by atoms with E-state index in [1.165, 1.54) is 5.56 Å². The van der Waals surface area contributed by atoms with Crippen LogP contribution >= 0.6 is 27.5 Å². The number of aryl methyl sites for hydroxylation is 1. The lowest BCUT2D eigenvalue weighted by Crippen LogP contribution is -2.18. The molecule has 0 unspecified atom stereocenters. The quantitative estimate of drug-likeness (QED) is 0.761. The first kappa shape index (κ1) is 14.4. The zero-order chi connectivity index (χ0) is 13.8. The van der Waals surface area contributed by atoms with E-state index in [1.54, 1.807) is 0 Å². The van der Waals surface area contributed by atoms with E-state index in [1.807, 2.05) is 26.1 Å². The van der Waals surface area contributed by atoms with E-state index in [0.29, 0.717) is 5.88 Å². The number of anilines is 1. The van der Waals surface area contributed by atoms with Crippen molar-refractivity contribution in [2.24, 2.45) is 0 Å². The molecule has 0 atom stereocenters. The SMILES string of the molecule is Cc1nc(N(C)Cc2ccc(Br)cc2)ccc1CCl. The fourth-order valence-corrected chi connectivity index (χ4v) is 2.42. The molecule has 2 aromatic rings. The Kier molecular flexibility index (Phi) is 4.83. The topological polar surface area (TPSA) is 16.1 Å². The number of aromatic nitrogens is 1. The molecule has 100 valence electrons. The number of pyridine rings is 1. The van der Waals surface area contributed by atoms with Crippen LogP contribution in [0.25, 0.3) is 0 Å². The summed E-state index contributed by atoms with van der Waals surface area (Å²) in [5.41, 5.74) is 3.34. The molecule has 0 saturated heterocycles. The van der Waals surface area contributed by atoms with Gasteiger partial charge < -0.3 is 4.90 Å². The molecular weight excluding hydrogens is 324 g/mol. The minimum atomic E-state index is 0.509. The Bertz CT molecular complexity index is 555. The minimum absolute atomic E-state index is 0.509. The van der Waals surface area contributed by atoms with Crippen LogP contribution in [0.3, 0.4) is 0 Å². The highest BCUT2D eigenvalue weighted by atomic mass is 79.9. The van der Waals surface area contributed by atoms with Gasteiger partial charge in [-0.25, -0.2) is 4.98 Å². The van der Waals surface area contributed by atoms with Crippen molar-refractivity contribution in [2.75, 3.05) is 11.9 Å². The second-order valence-electron chi connectivity index (χ2n) is 4.53. The predicted molar refractivity (Wildman–Crippen MR) is 84.8 cm³/mol. The summed E-state index contributed by atoms with van der Waals surface area (Å²) in [7, 11) is 2.05. The van der Waals surface area contributed by atoms with Gasteiger partial charge in [-0.3, -0.25) is 0 Å². The summed E-state index contributed by atoms with van der Waals surface area (Å²) in [5.74, 6) is 1.48. The fraction of sp³-hybridized carbons (Fsp3) is 0.267. The molecule has 0 spiro atoms. The number of hydrogen-bond donors (Lipinski definition) is 0. The van der Waals surface area contributed by atoms with Crippen molar-refractivity contribution < 1.29 is 0 Å². The Morgan fingerprint density at radius 1 is 1.16 bits per heavy atom. The molecule has 0 radical (unpaired) electrons. The first-order chi connectivity index (χ1) is 9.10. The molecule has 1 heterocycles. The first-order valence-corrected chi connectivity index (χ1v) is 7.41. The van der Waals surface area contributed by atoms with E-state index in [2.05, 4.69) is 50.1 Å². The van der Waals surface area contributed by atoms with Crippen LogP contribution in [0.15, 0.2) is 40.9 Å². The highest BCUT2D eigenvalue weighted by Crippen LogP contribution is 2.18. The van der Waals surface area contributed by atoms with E-state index >= 15 is 0 Å². The van der Waals surface area contributed by atoms with Crippen molar-refractivity contribution >= 4 is 33.3 Å². The lowest BCUT2D eigenvalue weighted by atomic mass is 10.2. The smallest absolute Gasteiger partial charge is 0.128 e. The van der Waals surface area contributed by atoms with Crippen molar-refractivity contribution in [3.8, 4) is 0 Å². The average molecular weight is 340 g/mol. The minimum Gasteiger partial charge on any atom is -0.355 e. The predicted octanol–water partition coefficient (Wildman–Crippen LogP) is 4.53. The third-order valence-corrected chi connectivity index (χ3v) is 3.87. The first-order valence-electron chi connectivity index (χ1n) is 6.08. The maximum atomic E-state index is 5.85. The van der Waals surface area contributed by atoms with Crippen LogP contribution in [-0.4, -0.2) is 12.0 Å². The third-order valence-electron chi connectivity index (χ3n) is 3.05. The van der Waals surface area contributed by atoms with Crippen LogP contribution in [0.1, 0.15) is 16.8 Å². The van der Waals surface area contributed by atoms with Crippen molar-refractivity contribution in [1.29, 1.82) is 0 Å². The molecule has 1 aromatic heterocycles. The number of nitrogens with zero attached hydrogens (tertiary/aromatic N) is 2. The van der Waals surface area contributed by atoms with Crippen molar-refractivity contribution in [3.63, 3.8) is 0 Å². The van der Waals surface area contributed by atoms with Gasteiger partial charge in [-0.2, -0.15) is 0 Å². The van der Waals surface area contributed by atoms with Crippen LogP contribution in [0.5, 0.6) is 0 Å². The summed E-state index contributed by atoms with van der Waals surface area (Å²) >= 11 is 9.29. The van der Waals surface area contributed by atoms with Gasteiger partial charge in [0.1, 0.15) is 5.82 Å². The van der Waals surface area contributed by atoms with Crippen molar-refractivity contribution in [2.45, 2.75) is 19.3 Å². The summed E-state index contributed by atoms with van der Waals surface area (Å²) in [4.78, 5) is 6.72. The molecule has 0 amide bonds. The standard InChI is InChI=1S/C15H16BrClN2/c1-11-13(9-17)5-8-15(18-11)19(2)10-12-3-6-14(16)7-4-12/h3-8H,9-10H2,1-2H3. The summed E-state index contributed by atoms with van der Waals surface area (Å²) in [6.07, 6.45) is 0. The van der Waals surface area contributed by atoms with E-state index in [9.17, 15) is 0 Å². The molecule has 0 bridgehead atoms. The van der Waals surface area contributed by atoms with Crippen molar-refractivity contribution in [1.82, 2.24) is 4.98 Å². The average Bonchev–Trinajstić information content (AvgIpc) is 2.41. The van der Waals surface area contributed by atoms with Gasteiger partial charge in [-0.1, -0.05) is 34.1 Å². The Labute approximate surface area is 127 Å². The largest absolute Gasteiger partial charge is 0.355 e. The van der Waals surface area contributed by atoms with Gasteiger partial charge in [0.2, 0.25) is 0 Å². The molecule has 2 nitrogen and oxygen atoms in total. The molecule has 19 heavy (non-hydrogen) atoms. The molecule has 0 fully saturated rings. The second kappa shape index (κ2) is 6.40. The summed E-state index contributed by atoms with van der Waals surface area (Å²) in [5, 5.41) is 0. The zero-order valence-corrected chi connectivity index (χ0v) is 13.4. The third kappa shape index (κ3) is 3.71. The van der Waals surface area contributed by atoms with Gasteiger partial charge in [0, 0.05) is 29.6 Å². The maximum absolute atomic E-state index is 5.85. The van der Waals surface area contributed by atoms with Crippen LogP contribution in [0.4, 0.5) is 5.82 Å². The fourth-order valence-electron chi connectivity index (χ4n) is 1.88. The van der Waals surface area contributed by atoms with Crippen LogP contribution < -0.4 is 4.90 Å². The summed E-state index contributed by atoms with van der Waals surface area (Å²) < 4.78 is 1.10. The molecule has 1 aromatic carbocycles. The number of rotatable bonds is 4. The van der Waals surface area contributed by atoms with E-state index in [4.69, 9.17) is 11.6 Å². The Morgan fingerprint density at radius 2 is 1.84 bits per heavy atom. The van der Waals surface area contributed by atoms with Gasteiger partial charge in [0.25, 0.3) is 0 Å². The zero-order valence-electron chi connectivity index (χ0n) is 11.0. The molecule has 2 rings (SSSR count). The Hall–Kier alpha value is -1.06. The van der Waals surface area contributed by atoms with Gasteiger partial charge in [0.05, 0.1) is 0 Å². The molecular formula is C15H16BrClN2. The number of alkyl halides is 1. The van der Waals surface area contributed by atoms with Gasteiger partial charge >= 0.3 is 0 Å². The Balaban J connectivity index is 2.13. The molecule has 0 saturated carbocycles.